The molecule has 2 aromatic rings. The first-order chi connectivity index (χ1) is 16.9. The van der Waals surface area contributed by atoms with Crippen LogP contribution in [0.4, 0.5) is 5.00 Å². The molecule has 0 saturated carbocycles. The van der Waals surface area contributed by atoms with E-state index in [1.807, 2.05) is 0 Å². The second-order valence-electron chi connectivity index (χ2n) is 7.13. The zero-order valence-electron chi connectivity index (χ0n) is 20.0. The lowest BCUT2D eigenvalue weighted by atomic mass is 10.1. The first-order valence-electron chi connectivity index (χ1n) is 10.6. The number of ether oxygens (including phenoxy) is 3. The molecule has 0 fully saturated rings. The molecule has 0 aliphatic carbocycles. The number of benzene rings is 1. The number of anilines is 1. The van der Waals surface area contributed by atoms with Crippen LogP contribution in [0.5, 0.6) is 0 Å². The molecule has 0 radical (unpaired) electrons. The van der Waals surface area contributed by atoms with Crippen LogP contribution in [0.25, 0.3) is 0 Å². The second-order valence-corrected chi connectivity index (χ2v) is 10.6. The summed E-state index contributed by atoms with van der Waals surface area (Å²) in [7, 11) is -2.81. The van der Waals surface area contributed by atoms with Crippen molar-refractivity contribution in [3.8, 4) is 0 Å². The van der Waals surface area contributed by atoms with E-state index in [9.17, 15) is 27.6 Å². The van der Waals surface area contributed by atoms with Crippen molar-refractivity contribution in [2.24, 2.45) is 0 Å². The third-order valence-corrected chi connectivity index (χ3v) is 7.83. The van der Waals surface area contributed by atoms with Gasteiger partial charge in [-0.1, -0.05) is 11.6 Å². The molecule has 14 heteroatoms. The molecule has 1 aromatic heterocycles. The predicted molar refractivity (Wildman–Crippen MR) is 132 cm³/mol. The Morgan fingerprint density at radius 3 is 2.17 bits per heavy atom. The van der Waals surface area contributed by atoms with Gasteiger partial charge in [0.2, 0.25) is 10.0 Å². The van der Waals surface area contributed by atoms with Crippen LogP contribution in [-0.4, -0.2) is 70.0 Å². The van der Waals surface area contributed by atoms with Crippen LogP contribution >= 0.6 is 22.9 Å². The molecule has 196 valence electrons. The van der Waals surface area contributed by atoms with Crippen molar-refractivity contribution in [1.29, 1.82) is 0 Å². The van der Waals surface area contributed by atoms with Gasteiger partial charge in [-0.3, -0.25) is 9.59 Å². The van der Waals surface area contributed by atoms with Crippen molar-refractivity contribution in [1.82, 2.24) is 4.31 Å². The fraction of sp³-hybridized carbons (Fsp3) is 0.364. The van der Waals surface area contributed by atoms with Gasteiger partial charge in [0.15, 0.2) is 6.61 Å². The number of hydrogen-bond donors (Lipinski definition) is 1. The number of nitrogens with zero attached hydrogens (tertiary/aromatic N) is 1. The summed E-state index contributed by atoms with van der Waals surface area (Å²) in [6, 6.07) is 5.38. The number of nitrogens with one attached hydrogen (secondary N) is 1. The predicted octanol–water partition coefficient (Wildman–Crippen LogP) is 2.87. The molecule has 0 bridgehead atoms. The van der Waals surface area contributed by atoms with E-state index in [-0.39, 0.29) is 39.1 Å². The minimum atomic E-state index is -3.99. The molecule has 11 nitrogen and oxygen atoms in total. The molecule has 0 atom stereocenters. The summed E-state index contributed by atoms with van der Waals surface area (Å²) >= 11 is 6.59. The number of carbonyl (C=O) groups excluding carboxylic acids is 4. The number of likely N-dealkylation sites (N-methyl/N-ethyl adjacent to an activating group) is 1. The lowest BCUT2D eigenvalue weighted by Gasteiger charge is -2.16. The van der Waals surface area contributed by atoms with Gasteiger partial charge in [-0.25, -0.2) is 18.0 Å². The first-order valence-corrected chi connectivity index (χ1v) is 13.2. The average molecular weight is 561 g/mol. The van der Waals surface area contributed by atoms with Crippen LogP contribution in [0, 0.1) is 6.92 Å². The minimum absolute atomic E-state index is 0.0154. The van der Waals surface area contributed by atoms with E-state index in [1.165, 1.54) is 38.2 Å². The lowest BCUT2D eigenvalue weighted by Crippen LogP contribution is -2.34. The highest BCUT2D eigenvalue weighted by Crippen LogP contribution is 2.34. The number of amides is 1. The summed E-state index contributed by atoms with van der Waals surface area (Å²) in [5.74, 6) is -3.20. The SMILES string of the molecule is CCOC(=O)c1sc(NC(=O)COC(=O)CN(C)S(=O)(=O)c2ccc(Cl)cc2)c(C(=O)OCC)c1C. The maximum Gasteiger partial charge on any atom is 0.348 e. The molecule has 36 heavy (non-hydrogen) atoms. The Bertz CT molecular complexity index is 1240. The van der Waals surface area contributed by atoms with E-state index >= 15 is 0 Å². The van der Waals surface area contributed by atoms with Crippen LogP contribution < -0.4 is 5.32 Å². The monoisotopic (exact) mass is 560 g/mol. The van der Waals surface area contributed by atoms with E-state index in [2.05, 4.69) is 5.32 Å². The normalized spacial score (nSPS) is 11.2. The Morgan fingerprint density at radius 2 is 1.58 bits per heavy atom. The molecule has 1 N–H and O–H groups in total. The zero-order valence-corrected chi connectivity index (χ0v) is 22.3. The number of sulfonamides is 1. The molecule has 1 aromatic carbocycles. The van der Waals surface area contributed by atoms with Gasteiger partial charge in [-0.15, -0.1) is 11.3 Å². The van der Waals surface area contributed by atoms with Gasteiger partial charge in [0, 0.05) is 12.1 Å². The van der Waals surface area contributed by atoms with Crippen LogP contribution in [0.3, 0.4) is 0 Å². The third kappa shape index (κ3) is 7.26. The Kier molecular flexibility index (Phi) is 10.4. The van der Waals surface area contributed by atoms with Crippen LogP contribution in [-0.2, 0) is 33.8 Å². The summed E-state index contributed by atoms with van der Waals surface area (Å²) in [4.78, 5) is 49.2. The molecule has 0 saturated heterocycles. The van der Waals surface area contributed by atoms with Crippen LogP contribution in [0.1, 0.15) is 39.4 Å². The van der Waals surface area contributed by atoms with Crippen molar-refractivity contribution in [2.75, 3.05) is 38.7 Å². The average Bonchev–Trinajstić information content (AvgIpc) is 3.14. The molecular weight excluding hydrogens is 536 g/mol. The fourth-order valence-corrected chi connectivity index (χ4v) is 5.20. The summed E-state index contributed by atoms with van der Waals surface area (Å²) in [6.45, 7) is 3.52. The van der Waals surface area contributed by atoms with Crippen molar-refractivity contribution < 1.29 is 41.8 Å². The summed E-state index contributed by atoms with van der Waals surface area (Å²) in [5.41, 5.74) is 0.261. The fourth-order valence-electron chi connectivity index (χ4n) is 2.85. The standard InChI is InChI=1S/C22H25ClN2O9S2/c1-5-32-21(28)18-13(3)19(22(29)33-6-2)35-20(18)24-16(26)12-34-17(27)11-25(4)36(30,31)15-9-7-14(23)8-10-15/h7-10H,5-6,11-12H2,1-4H3,(H,24,26). The lowest BCUT2D eigenvalue weighted by molar-refractivity contribution is -0.147. The van der Waals surface area contributed by atoms with Gasteiger partial charge in [0.1, 0.15) is 16.4 Å². The highest BCUT2D eigenvalue weighted by atomic mass is 35.5. The quantitative estimate of drug-likeness (QED) is 0.324. The molecule has 0 spiro atoms. The van der Waals surface area contributed by atoms with E-state index < -0.39 is 47.0 Å². The summed E-state index contributed by atoms with van der Waals surface area (Å²) in [5, 5.41) is 2.80. The summed E-state index contributed by atoms with van der Waals surface area (Å²) in [6.07, 6.45) is 0. The van der Waals surface area contributed by atoms with Gasteiger partial charge < -0.3 is 19.5 Å². The minimum Gasteiger partial charge on any atom is -0.462 e. The maximum absolute atomic E-state index is 12.6. The Morgan fingerprint density at radius 1 is 1.00 bits per heavy atom. The topological polar surface area (TPSA) is 145 Å². The van der Waals surface area contributed by atoms with Crippen molar-refractivity contribution >= 4 is 61.8 Å². The highest BCUT2D eigenvalue weighted by molar-refractivity contribution is 7.89. The van der Waals surface area contributed by atoms with E-state index in [0.29, 0.717) is 5.02 Å². The molecule has 1 amide bonds. The molecule has 0 aliphatic heterocycles. The van der Waals surface area contributed by atoms with E-state index in [1.54, 1.807) is 13.8 Å². The van der Waals surface area contributed by atoms with Crippen LogP contribution in [0.15, 0.2) is 29.2 Å². The molecular formula is C22H25ClN2O9S2. The number of esters is 3. The highest BCUT2D eigenvalue weighted by Gasteiger charge is 2.28. The van der Waals surface area contributed by atoms with Gasteiger partial charge in [0.05, 0.1) is 23.7 Å². The van der Waals surface area contributed by atoms with Gasteiger partial charge in [-0.05, 0) is 50.6 Å². The summed E-state index contributed by atoms with van der Waals surface area (Å²) < 4.78 is 40.8. The number of carbonyl (C=O) groups is 4. The van der Waals surface area contributed by atoms with Gasteiger partial charge >= 0.3 is 17.9 Å². The number of rotatable bonds is 11. The molecule has 0 aliphatic rings. The number of thiophene rings is 1. The number of halogens is 1. The smallest absolute Gasteiger partial charge is 0.348 e. The van der Waals surface area contributed by atoms with Crippen LogP contribution in [0.2, 0.25) is 5.02 Å². The molecule has 2 rings (SSSR count). The Hall–Kier alpha value is -3.00. The first kappa shape index (κ1) is 29.2. The zero-order chi connectivity index (χ0) is 27.0. The number of hydrogen-bond acceptors (Lipinski definition) is 10. The largest absolute Gasteiger partial charge is 0.462 e. The van der Waals surface area contributed by atoms with E-state index in [0.717, 1.165) is 15.6 Å². The Labute approximate surface area is 217 Å². The van der Waals surface area contributed by atoms with Crippen molar-refractivity contribution in [3.05, 3.63) is 45.3 Å². The van der Waals surface area contributed by atoms with Crippen molar-refractivity contribution in [2.45, 2.75) is 25.7 Å². The van der Waals surface area contributed by atoms with Crippen molar-refractivity contribution in [3.63, 3.8) is 0 Å². The Balaban J connectivity index is 2.06. The second kappa shape index (κ2) is 12.8. The van der Waals surface area contributed by atoms with Gasteiger partial charge in [0.25, 0.3) is 5.91 Å². The van der Waals surface area contributed by atoms with E-state index in [4.69, 9.17) is 25.8 Å². The van der Waals surface area contributed by atoms with Gasteiger partial charge in [-0.2, -0.15) is 4.31 Å². The molecule has 0 unspecified atom stereocenters. The maximum atomic E-state index is 12.6. The molecule has 1 heterocycles. The third-order valence-electron chi connectivity index (χ3n) is 4.58.